The summed E-state index contributed by atoms with van der Waals surface area (Å²) in [4.78, 5) is 0. The van der Waals surface area contributed by atoms with E-state index in [1.54, 1.807) is 0 Å². The Labute approximate surface area is 55.0 Å². The van der Waals surface area contributed by atoms with Crippen LogP contribution in [0.15, 0.2) is 0 Å². The second-order valence-electron chi connectivity index (χ2n) is 2.48. The van der Waals surface area contributed by atoms with Crippen LogP contribution in [-0.4, -0.2) is 37.0 Å². The number of ether oxygens (including phenoxy) is 1. The lowest BCUT2D eigenvalue weighted by atomic mass is 10.2. The number of rotatable bonds is 3. The van der Waals surface area contributed by atoms with Crippen molar-refractivity contribution in [2.45, 2.75) is 19.0 Å². The van der Waals surface area contributed by atoms with Crippen molar-refractivity contribution >= 4 is 0 Å². The van der Waals surface area contributed by atoms with Gasteiger partial charge in [0.05, 0.1) is 25.9 Å². The monoisotopic (exact) mass is 131 g/mol. The van der Waals surface area contributed by atoms with Crippen LogP contribution in [0.25, 0.3) is 0 Å². The number of nitrogens with one attached hydrogen (secondary N) is 1. The van der Waals surface area contributed by atoms with Crippen molar-refractivity contribution in [2.24, 2.45) is 0 Å². The minimum absolute atomic E-state index is 0.205. The van der Waals surface area contributed by atoms with E-state index in [9.17, 15) is 0 Å². The number of hydrogen-bond donors (Lipinski definition) is 2. The lowest BCUT2D eigenvalue weighted by Gasteiger charge is -2.29. The van der Waals surface area contributed by atoms with Crippen LogP contribution in [0, 0.1) is 0 Å². The van der Waals surface area contributed by atoms with Crippen LogP contribution in [0.4, 0.5) is 0 Å². The van der Waals surface area contributed by atoms with Gasteiger partial charge in [0.15, 0.2) is 0 Å². The fourth-order valence-corrected chi connectivity index (χ4v) is 0.787. The van der Waals surface area contributed by atoms with E-state index in [4.69, 9.17) is 9.84 Å². The summed E-state index contributed by atoms with van der Waals surface area (Å²) in [5.41, 5.74) is 0. The standard InChI is InChI=1S/C6H13NO2/c1-5(2-8)7-6-3-9-4-6/h5-8H,2-4H2,1H3. The van der Waals surface area contributed by atoms with E-state index in [1.165, 1.54) is 0 Å². The summed E-state index contributed by atoms with van der Waals surface area (Å²) in [6.45, 7) is 3.75. The zero-order chi connectivity index (χ0) is 6.69. The molecule has 1 saturated heterocycles. The Bertz CT molecular complexity index is 80.4. The van der Waals surface area contributed by atoms with Crippen molar-refractivity contribution in [3.63, 3.8) is 0 Å². The SMILES string of the molecule is CC(CO)NC1COC1. The predicted molar refractivity (Wildman–Crippen MR) is 34.3 cm³/mol. The maximum absolute atomic E-state index is 8.60. The van der Waals surface area contributed by atoms with Gasteiger partial charge in [0.2, 0.25) is 0 Å². The number of hydrogen-bond acceptors (Lipinski definition) is 3. The van der Waals surface area contributed by atoms with E-state index in [0.29, 0.717) is 6.04 Å². The zero-order valence-corrected chi connectivity index (χ0v) is 5.63. The zero-order valence-electron chi connectivity index (χ0n) is 5.63. The van der Waals surface area contributed by atoms with Crippen LogP contribution in [0.1, 0.15) is 6.92 Å². The summed E-state index contributed by atoms with van der Waals surface area (Å²) in [7, 11) is 0. The summed E-state index contributed by atoms with van der Waals surface area (Å²) in [6.07, 6.45) is 0. The molecule has 0 radical (unpaired) electrons. The largest absolute Gasteiger partial charge is 0.395 e. The van der Waals surface area contributed by atoms with Gasteiger partial charge in [-0.15, -0.1) is 0 Å². The Balaban J connectivity index is 2.01. The summed E-state index contributed by atoms with van der Waals surface area (Å²) < 4.78 is 4.94. The topological polar surface area (TPSA) is 41.5 Å². The Kier molecular flexibility index (Phi) is 2.45. The van der Waals surface area contributed by atoms with Gasteiger partial charge in [-0.25, -0.2) is 0 Å². The molecule has 1 atom stereocenters. The van der Waals surface area contributed by atoms with Gasteiger partial charge in [0.25, 0.3) is 0 Å². The van der Waals surface area contributed by atoms with Crippen molar-refractivity contribution in [1.82, 2.24) is 5.32 Å². The van der Waals surface area contributed by atoms with Crippen LogP contribution in [0.3, 0.4) is 0 Å². The molecule has 1 rings (SSSR count). The van der Waals surface area contributed by atoms with Crippen molar-refractivity contribution < 1.29 is 9.84 Å². The fourth-order valence-electron chi connectivity index (χ4n) is 0.787. The first-order valence-electron chi connectivity index (χ1n) is 3.27. The predicted octanol–water partition coefficient (Wildman–Crippen LogP) is -0.644. The average Bonchev–Trinajstić information content (AvgIpc) is 1.78. The van der Waals surface area contributed by atoms with Gasteiger partial charge < -0.3 is 15.2 Å². The third-order valence-corrected chi connectivity index (χ3v) is 1.43. The van der Waals surface area contributed by atoms with Gasteiger partial charge in [0, 0.05) is 6.04 Å². The highest BCUT2D eigenvalue weighted by atomic mass is 16.5. The lowest BCUT2D eigenvalue weighted by Crippen LogP contribution is -2.50. The quantitative estimate of drug-likeness (QED) is 0.535. The molecular weight excluding hydrogens is 118 g/mol. The highest BCUT2D eigenvalue weighted by Crippen LogP contribution is 2.00. The van der Waals surface area contributed by atoms with Crippen LogP contribution >= 0.6 is 0 Å². The van der Waals surface area contributed by atoms with E-state index in [-0.39, 0.29) is 12.6 Å². The van der Waals surface area contributed by atoms with Crippen molar-refractivity contribution in [2.75, 3.05) is 19.8 Å². The van der Waals surface area contributed by atoms with Crippen LogP contribution in [0.5, 0.6) is 0 Å². The van der Waals surface area contributed by atoms with Gasteiger partial charge in [-0.05, 0) is 6.92 Å². The smallest absolute Gasteiger partial charge is 0.0643 e. The Hall–Kier alpha value is -0.120. The Morgan fingerprint density at radius 3 is 2.78 bits per heavy atom. The summed E-state index contributed by atoms with van der Waals surface area (Å²) in [5.74, 6) is 0. The molecule has 0 aromatic heterocycles. The van der Waals surface area contributed by atoms with Crippen LogP contribution < -0.4 is 5.32 Å². The third-order valence-electron chi connectivity index (χ3n) is 1.43. The van der Waals surface area contributed by atoms with E-state index in [1.807, 2.05) is 6.92 Å². The lowest BCUT2D eigenvalue weighted by molar-refractivity contribution is -0.0118. The van der Waals surface area contributed by atoms with Crippen molar-refractivity contribution in [3.8, 4) is 0 Å². The van der Waals surface area contributed by atoms with E-state index >= 15 is 0 Å². The molecule has 0 saturated carbocycles. The first-order valence-corrected chi connectivity index (χ1v) is 3.27. The van der Waals surface area contributed by atoms with Crippen molar-refractivity contribution in [1.29, 1.82) is 0 Å². The Morgan fingerprint density at radius 2 is 2.44 bits per heavy atom. The molecule has 0 amide bonds. The molecule has 1 fully saturated rings. The van der Waals surface area contributed by atoms with Gasteiger partial charge in [-0.2, -0.15) is 0 Å². The maximum atomic E-state index is 8.60. The molecular formula is C6H13NO2. The second kappa shape index (κ2) is 3.15. The maximum Gasteiger partial charge on any atom is 0.0643 e. The van der Waals surface area contributed by atoms with Crippen LogP contribution in [-0.2, 0) is 4.74 Å². The molecule has 3 heteroatoms. The average molecular weight is 131 g/mol. The highest BCUT2D eigenvalue weighted by molar-refractivity contribution is 4.75. The summed E-state index contributed by atoms with van der Waals surface area (Å²) >= 11 is 0. The highest BCUT2D eigenvalue weighted by Gasteiger charge is 2.18. The van der Waals surface area contributed by atoms with Crippen LogP contribution in [0.2, 0.25) is 0 Å². The Morgan fingerprint density at radius 1 is 1.78 bits per heavy atom. The number of aliphatic hydroxyl groups excluding tert-OH is 1. The fraction of sp³-hybridized carbons (Fsp3) is 1.00. The number of aliphatic hydroxyl groups is 1. The summed E-state index contributed by atoms with van der Waals surface area (Å²) in [5, 5.41) is 11.8. The molecule has 0 aromatic rings. The molecule has 0 aromatic carbocycles. The van der Waals surface area contributed by atoms with Crippen molar-refractivity contribution in [3.05, 3.63) is 0 Å². The van der Waals surface area contributed by atoms with E-state index < -0.39 is 0 Å². The van der Waals surface area contributed by atoms with Gasteiger partial charge >= 0.3 is 0 Å². The molecule has 0 bridgehead atoms. The third kappa shape index (κ3) is 1.93. The van der Waals surface area contributed by atoms with E-state index in [2.05, 4.69) is 5.32 Å². The molecule has 1 aliphatic rings. The molecule has 54 valence electrons. The molecule has 3 nitrogen and oxygen atoms in total. The summed E-state index contributed by atoms with van der Waals surface area (Å²) in [6, 6.07) is 0.686. The molecule has 1 heterocycles. The first kappa shape index (κ1) is 6.99. The van der Waals surface area contributed by atoms with Gasteiger partial charge in [0.1, 0.15) is 0 Å². The molecule has 1 unspecified atom stereocenters. The minimum Gasteiger partial charge on any atom is -0.395 e. The minimum atomic E-state index is 0.205. The molecule has 2 N–H and O–H groups in total. The van der Waals surface area contributed by atoms with Gasteiger partial charge in [-0.3, -0.25) is 0 Å². The molecule has 0 aliphatic carbocycles. The van der Waals surface area contributed by atoms with Gasteiger partial charge in [-0.1, -0.05) is 0 Å². The normalized spacial score (nSPS) is 23.3. The van der Waals surface area contributed by atoms with E-state index in [0.717, 1.165) is 13.2 Å². The first-order chi connectivity index (χ1) is 4.33. The molecule has 9 heavy (non-hydrogen) atoms. The molecule has 0 spiro atoms. The second-order valence-corrected chi connectivity index (χ2v) is 2.48. The molecule has 1 aliphatic heterocycles.